The van der Waals surface area contributed by atoms with Crippen LogP contribution in [0.1, 0.15) is 0 Å². The summed E-state index contributed by atoms with van der Waals surface area (Å²) in [6.45, 7) is 0. The summed E-state index contributed by atoms with van der Waals surface area (Å²) in [6.07, 6.45) is 4.97. The van der Waals surface area contributed by atoms with Crippen LogP contribution in [0.4, 0.5) is 0 Å². The molecular weight excluding hydrogens is 142 g/mol. The van der Waals surface area contributed by atoms with Crippen LogP contribution in [0.15, 0.2) is 35.4 Å². The summed E-state index contributed by atoms with van der Waals surface area (Å²) in [5.41, 5.74) is 1.62. The molecule has 2 heterocycles. The van der Waals surface area contributed by atoms with Crippen molar-refractivity contribution < 1.29 is 4.63 Å². The van der Waals surface area contributed by atoms with Gasteiger partial charge in [-0.05, 0) is 17.3 Å². The number of nitrogens with zero attached hydrogens (tertiary/aromatic N) is 3. The van der Waals surface area contributed by atoms with E-state index in [-0.39, 0.29) is 0 Å². The number of pyridine rings is 1. The zero-order valence-electron chi connectivity index (χ0n) is 5.64. The predicted molar refractivity (Wildman–Crippen MR) is 37.5 cm³/mol. The van der Waals surface area contributed by atoms with E-state index in [1.165, 1.54) is 0 Å². The van der Waals surface area contributed by atoms with Crippen molar-refractivity contribution in [3.63, 3.8) is 0 Å². The van der Waals surface area contributed by atoms with Gasteiger partial charge >= 0.3 is 0 Å². The van der Waals surface area contributed by atoms with Gasteiger partial charge in [-0.2, -0.15) is 0 Å². The van der Waals surface area contributed by atoms with Gasteiger partial charge in [-0.15, -0.1) is 0 Å². The molecular formula is C7H5N3O. The molecule has 0 unspecified atom stereocenters. The van der Waals surface area contributed by atoms with Crippen molar-refractivity contribution in [2.45, 2.75) is 0 Å². The Morgan fingerprint density at radius 2 is 2.27 bits per heavy atom. The Morgan fingerprint density at radius 1 is 1.27 bits per heavy atom. The average molecular weight is 147 g/mol. The molecule has 0 aliphatic rings. The normalized spacial score (nSPS) is 9.82. The molecule has 2 aromatic heterocycles. The monoisotopic (exact) mass is 147 g/mol. The highest BCUT2D eigenvalue weighted by Crippen LogP contribution is 2.12. The van der Waals surface area contributed by atoms with E-state index >= 15 is 0 Å². The fraction of sp³-hybridized carbons (Fsp3) is 0. The van der Waals surface area contributed by atoms with Gasteiger partial charge < -0.3 is 0 Å². The van der Waals surface area contributed by atoms with Crippen molar-refractivity contribution in [1.29, 1.82) is 0 Å². The molecule has 0 amide bonds. The molecule has 0 radical (unpaired) electrons. The fourth-order valence-corrected chi connectivity index (χ4v) is 0.806. The number of hydrogen-bond donors (Lipinski definition) is 0. The van der Waals surface area contributed by atoms with Crippen molar-refractivity contribution >= 4 is 0 Å². The summed E-state index contributed by atoms with van der Waals surface area (Å²) in [6, 6.07) is 3.73. The van der Waals surface area contributed by atoms with Crippen molar-refractivity contribution in [2.24, 2.45) is 0 Å². The van der Waals surface area contributed by atoms with Crippen LogP contribution < -0.4 is 0 Å². The second kappa shape index (κ2) is 2.49. The highest BCUT2D eigenvalue weighted by molar-refractivity contribution is 5.55. The first kappa shape index (κ1) is 6.03. The van der Waals surface area contributed by atoms with Gasteiger partial charge in [0.2, 0.25) is 0 Å². The molecule has 0 spiro atoms. The van der Waals surface area contributed by atoms with E-state index in [1.807, 2.05) is 12.1 Å². The van der Waals surface area contributed by atoms with E-state index in [0.717, 1.165) is 5.56 Å². The Hall–Kier alpha value is -1.71. The van der Waals surface area contributed by atoms with E-state index in [2.05, 4.69) is 19.9 Å². The topological polar surface area (TPSA) is 51.8 Å². The Kier molecular flexibility index (Phi) is 1.37. The Balaban J connectivity index is 2.46. The first-order valence-corrected chi connectivity index (χ1v) is 3.15. The predicted octanol–water partition coefficient (Wildman–Crippen LogP) is 1.13. The van der Waals surface area contributed by atoms with Gasteiger partial charge in [0.05, 0.1) is 6.20 Å². The third-order valence-electron chi connectivity index (χ3n) is 1.32. The lowest BCUT2D eigenvalue weighted by Crippen LogP contribution is -1.76. The lowest BCUT2D eigenvalue weighted by atomic mass is 10.2. The molecule has 0 fully saturated rings. The number of aromatic nitrogens is 3. The van der Waals surface area contributed by atoms with Gasteiger partial charge in [0.1, 0.15) is 5.69 Å². The average Bonchev–Trinajstić information content (AvgIpc) is 2.58. The Morgan fingerprint density at radius 3 is 2.91 bits per heavy atom. The molecule has 0 saturated heterocycles. The third-order valence-corrected chi connectivity index (χ3v) is 1.32. The second-order valence-electron chi connectivity index (χ2n) is 2.03. The molecule has 0 N–H and O–H groups in total. The van der Waals surface area contributed by atoms with Crippen LogP contribution in [0.25, 0.3) is 11.3 Å². The quantitative estimate of drug-likeness (QED) is 0.606. The van der Waals surface area contributed by atoms with E-state index in [4.69, 9.17) is 0 Å². The molecule has 54 valence electrons. The summed E-state index contributed by atoms with van der Waals surface area (Å²) in [5.74, 6) is 0. The minimum Gasteiger partial charge on any atom is -0.264 e. The van der Waals surface area contributed by atoms with Crippen molar-refractivity contribution in [1.82, 2.24) is 15.3 Å². The van der Waals surface area contributed by atoms with Crippen LogP contribution in [-0.2, 0) is 0 Å². The van der Waals surface area contributed by atoms with Crippen LogP contribution in [-0.4, -0.2) is 15.3 Å². The lowest BCUT2D eigenvalue weighted by Gasteiger charge is -1.88. The summed E-state index contributed by atoms with van der Waals surface area (Å²) in [7, 11) is 0. The van der Waals surface area contributed by atoms with Crippen molar-refractivity contribution in [3.05, 3.63) is 30.7 Å². The molecule has 2 aromatic rings. The third kappa shape index (κ3) is 1.10. The van der Waals surface area contributed by atoms with Gasteiger partial charge in [-0.3, -0.25) is 4.98 Å². The Bertz CT molecular complexity index is 317. The van der Waals surface area contributed by atoms with Crippen LogP contribution in [0, 0.1) is 0 Å². The summed E-state index contributed by atoms with van der Waals surface area (Å²) < 4.78 is 4.44. The van der Waals surface area contributed by atoms with E-state index < -0.39 is 0 Å². The zero-order valence-corrected chi connectivity index (χ0v) is 5.64. The summed E-state index contributed by atoms with van der Waals surface area (Å²) in [4.78, 5) is 3.93. The summed E-state index contributed by atoms with van der Waals surface area (Å²) >= 11 is 0. The van der Waals surface area contributed by atoms with Crippen LogP contribution in [0.3, 0.4) is 0 Å². The van der Waals surface area contributed by atoms with Gasteiger partial charge in [-0.1, -0.05) is 5.16 Å². The SMILES string of the molecule is c1cncc(-c2cnon2)c1. The maximum absolute atomic E-state index is 4.44. The van der Waals surface area contributed by atoms with Gasteiger partial charge in [0.15, 0.2) is 0 Å². The van der Waals surface area contributed by atoms with Crippen LogP contribution >= 0.6 is 0 Å². The first-order chi connectivity index (χ1) is 5.47. The molecule has 2 rings (SSSR count). The van der Waals surface area contributed by atoms with Crippen LogP contribution in [0.2, 0.25) is 0 Å². The fourth-order valence-electron chi connectivity index (χ4n) is 0.806. The minimum atomic E-state index is 0.707. The maximum atomic E-state index is 4.44. The van der Waals surface area contributed by atoms with E-state index in [0.29, 0.717) is 5.69 Å². The highest BCUT2D eigenvalue weighted by atomic mass is 16.6. The molecule has 0 aliphatic heterocycles. The highest BCUT2D eigenvalue weighted by Gasteiger charge is 1.99. The molecule has 0 saturated carbocycles. The smallest absolute Gasteiger partial charge is 0.136 e. The molecule has 4 heteroatoms. The summed E-state index contributed by atoms with van der Waals surface area (Å²) in [5, 5.41) is 7.15. The van der Waals surface area contributed by atoms with Gasteiger partial charge in [0.25, 0.3) is 0 Å². The number of hydrogen-bond acceptors (Lipinski definition) is 4. The lowest BCUT2D eigenvalue weighted by molar-refractivity contribution is 0.308. The first-order valence-electron chi connectivity index (χ1n) is 3.15. The van der Waals surface area contributed by atoms with E-state index in [1.54, 1.807) is 18.6 Å². The molecule has 0 bridgehead atoms. The van der Waals surface area contributed by atoms with Gasteiger partial charge in [-0.25, -0.2) is 4.63 Å². The molecule has 4 nitrogen and oxygen atoms in total. The van der Waals surface area contributed by atoms with Gasteiger partial charge in [0, 0.05) is 18.0 Å². The number of rotatable bonds is 1. The molecule has 0 aromatic carbocycles. The Labute approximate surface area is 62.8 Å². The molecule has 0 atom stereocenters. The largest absolute Gasteiger partial charge is 0.264 e. The second-order valence-corrected chi connectivity index (χ2v) is 2.03. The zero-order chi connectivity index (χ0) is 7.52. The van der Waals surface area contributed by atoms with Crippen molar-refractivity contribution in [2.75, 3.05) is 0 Å². The molecule has 11 heavy (non-hydrogen) atoms. The van der Waals surface area contributed by atoms with Crippen molar-refractivity contribution in [3.8, 4) is 11.3 Å². The standard InChI is InChI=1S/C7H5N3O/c1-2-6(4-8-3-1)7-5-9-11-10-7/h1-5H. The van der Waals surface area contributed by atoms with Crippen LogP contribution in [0.5, 0.6) is 0 Å². The van der Waals surface area contributed by atoms with E-state index in [9.17, 15) is 0 Å². The molecule has 0 aliphatic carbocycles. The minimum absolute atomic E-state index is 0.707. The maximum Gasteiger partial charge on any atom is 0.136 e.